The van der Waals surface area contributed by atoms with E-state index in [4.69, 9.17) is 11.6 Å². The fraction of sp³-hybridized carbons (Fsp3) is 0.231. The highest BCUT2D eigenvalue weighted by atomic mass is 79.9. The number of rotatable bonds is 3. The maximum Gasteiger partial charge on any atom is 0.135 e. The van der Waals surface area contributed by atoms with Gasteiger partial charge in [-0.3, -0.25) is 0 Å². The summed E-state index contributed by atoms with van der Waals surface area (Å²) in [7, 11) is 0. The van der Waals surface area contributed by atoms with Crippen LogP contribution in [0.1, 0.15) is 25.6 Å². The summed E-state index contributed by atoms with van der Waals surface area (Å²) in [6, 6.07) is 7.48. The largest absolute Gasteiger partial charge is 0.340 e. The highest BCUT2D eigenvalue weighted by Crippen LogP contribution is 2.27. The lowest BCUT2D eigenvalue weighted by Crippen LogP contribution is -2.02. The van der Waals surface area contributed by atoms with E-state index in [-0.39, 0.29) is 5.92 Å². The Morgan fingerprint density at radius 2 is 1.89 bits per heavy atom. The summed E-state index contributed by atoms with van der Waals surface area (Å²) < 4.78 is 1.61. The van der Waals surface area contributed by atoms with Crippen LogP contribution in [0.2, 0.25) is 5.02 Å². The number of anilines is 2. The number of hydrogen-bond donors (Lipinski definition) is 1. The molecule has 100 valence electrons. The van der Waals surface area contributed by atoms with Gasteiger partial charge in [-0.15, -0.1) is 0 Å². The second kappa shape index (κ2) is 6.20. The average Bonchev–Trinajstić information content (AvgIpc) is 2.33. The molecule has 0 aliphatic rings. The van der Waals surface area contributed by atoms with Gasteiger partial charge in [-0.05, 0) is 50.1 Å². The van der Waals surface area contributed by atoms with Gasteiger partial charge >= 0.3 is 0 Å². The smallest absolute Gasteiger partial charge is 0.135 e. The molecule has 1 aromatic heterocycles. The Kier molecular flexibility index (Phi) is 4.81. The van der Waals surface area contributed by atoms with E-state index in [9.17, 15) is 0 Å². The maximum absolute atomic E-state index is 5.97. The van der Waals surface area contributed by atoms with Gasteiger partial charge in [0, 0.05) is 22.1 Å². The molecule has 0 bridgehead atoms. The quantitative estimate of drug-likeness (QED) is 0.683. The number of hydrogen-bond acceptors (Lipinski definition) is 3. The van der Waals surface area contributed by atoms with E-state index in [1.54, 1.807) is 0 Å². The summed E-state index contributed by atoms with van der Waals surface area (Å²) in [6.07, 6.45) is 0. The minimum atomic E-state index is 0.273. The molecule has 0 saturated heterocycles. The minimum absolute atomic E-state index is 0.273. The molecule has 0 saturated carbocycles. The first kappa shape index (κ1) is 14.8. The van der Waals surface area contributed by atoms with E-state index in [0.29, 0.717) is 5.02 Å². The van der Waals surface area contributed by atoms with Gasteiger partial charge in [0.05, 0.1) is 5.02 Å². The molecule has 0 atom stereocenters. The van der Waals surface area contributed by atoms with Gasteiger partial charge in [-0.25, -0.2) is 9.97 Å². The Labute approximate surface area is 134 Å². The van der Waals surface area contributed by atoms with Crippen LogP contribution in [0.15, 0.2) is 33.3 Å². The molecule has 0 aliphatic heterocycles. The zero-order chi connectivity index (χ0) is 14.0. The molecule has 19 heavy (non-hydrogen) atoms. The van der Waals surface area contributed by atoms with Crippen molar-refractivity contribution in [3.8, 4) is 0 Å². The number of aromatic nitrogens is 2. The molecular formula is C13H12Br2ClN3. The van der Waals surface area contributed by atoms with Crippen LogP contribution in [-0.4, -0.2) is 9.97 Å². The lowest BCUT2D eigenvalue weighted by atomic mass is 10.2. The van der Waals surface area contributed by atoms with E-state index < -0.39 is 0 Å². The predicted octanol–water partition coefficient (Wildman–Crippen LogP) is 5.52. The number of halogens is 3. The van der Waals surface area contributed by atoms with Crippen LogP contribution >= 0.6 is 43.5 Å². The molecule has 1 N–H and O–H groups in total. The molecule has 1 heterocycles. The van der Waals surface area contributed by atoms with E-state index in [2.05, 4.69) is 61.0 Å². The first-order valence-corrected chi connectivity index (χ1v) is 7.68. The van der Waals surface area contributed by atoms with Crippen molar-refractivity contribution in [1.82, 2.24) is 9.97 Å². The van der Waals surface area contributed by atoms with Crippen molar-refractivity contribution in [2.24, 2.45) is 0 Å². The van der Waals surface area contributed by atoms with E-state index in [0.717, 1.165) is 26.4 Å². The second-order valence-corrected chi connectivity index (χ2v) is 6.42. The Morgan fingerprint density at radius 1 is 1.16 bits per heavy atom. The molecular weight excluding hydrogens is 393 g/mol. The topological polar surface area (TPSA) is 37.8 Å². The Hall–Kier alpha value is -0.650. The lowest BCUT2D eigenvalue weighted by Gasteiger charge is -2.10. The summed E-state index contributed by atoms with van der Waals surface area (Å²) in [5.74, 6) is 1.82. The molecule has 6 heteroatoms. The summed E-state index contributed by atoms with van der Waals surface area (Å²) in [5.41, 5.74) is 0.914. The van der Waals surface area contributed by atoms with Gasteiger partial charge in [0.2, 0.25) is 0 Å². The predicted molar refractivity (Wildman–Crippen MR) is 86.3 cm³/mol. The van der Waals surface area contributed by atoms with Crippen molar-refractivity contribution in [1.29, 1.82) is 0 Å². The van der Waals surface area contributed by atoms with Gasteiger partial charge in [-0.1, -0.05) is 25.4 Å². The van der Waals surface area contributed by atoms with Crippen LogP contribution in [0.5, 0.6) is 0 Å². The third kappa shape index (κ3) is 3.91. The van der Waals surface area contributed by atoms with Crippen LogP contribution in [0, 0.1) is 0 Å². The van der Waals surface area contributed by atoms with Crippen LogP contribution in [0.3, 0.4) is 0 Å². The Bertz CT molecular complexity index is 602. The summed E-state index contributed by atoms with van der Waals surface area (Å²) >= 11 is 12.8. The summed E-state index contributed by atoms with van der Waals surface area (Å²) in [4.78, 5) is 8.82. The normalized spacial score (nSPS) is 10.8. The molecule has 0 fully saturated rings. The van der Waals surface area contributed by atoms with Crippen molar-refractivity contribution in [2.45, 2.75) is 19.8 Å². The monoisotopic (exact) mass is 403 g/mol. The molecule has 1 aromatic carbocycles. The average molecular weight is 406 g/mol. The maximum atomic E-state index is 5.97. The van der Waals surface area contributed by atoms with Crippen molar-refractivity contribution in [3.05, 3.63) is 44.2 Å². The first-order valence-electron chi connectivity index (χ1n) is 5.72. The highest BCUT2D eigenvalue weighted by molar-refractivity contribution is 9.10. The van der Waals surface area contributed by atoms with Crippen LogP contribution in [0.25, 0.3) is 0 Å². The fourth-order valence-electron chi connectivity index (χ4n) is 1.48. The third-order valence-electron chi connectivity index (χ3n) is 2.42. The highest BCUT2D eigenvalue weighted by Gasteiger charge is 2.07. The fourth-order valence-corrected chi connectivity index (χ4v) is 2.37. The molecule has 2 rings (SSSR count). The van der Waals surface area contributed by atoms with Gasteiger partial charge in [0.1, 0.15) is 16.2 Å². The molecule has 0 aliphatic carbocycles. The first-order chi connectivity index (χ1) is 8.95. The number of nitrogens with zero attached hydrogens (tertiary/aromatic N) is 2. The van der Waals surface area contributed by atoms with Crippen molar-refractivity contribution >= 4 is 55.0 Å². The third-order valence-corrected chi connectivity index (χ3v) is 4.04. The number of benzene rings is 1. The minimum Gasteiger partial charge on any atom is -0.340 e. The van der Waals surface area contributed by atoms with Crippen molar-refractivity contribution in [3.63, 3.8) is 0 Å². The molecule has 2 aromatic rings. The van der Waals surface area contributed by atoms with Gasteiger partial charge in [-0.2, -0.15) is 0 Å². The zero-order valence-electron chi connectivity index (χ0n) is 10.4. The van der Waals surface area contributed by atoms with E-state index in [1.165, 1.54) is 0 Å². The number of nitrogens with one attached hydrogen (secondary N) is 1. The zero-order valence-corrected chi connectivity index (χ0v) is 14.3. The lowest BCUT2D eigenvalue weighted by molar-refractivity contribution is 0.771. The van der Waals surface area contributed by atoms with Crippen LogP contribution in [0.4, 0.5) is 11.5 Å². The standard InChI is InChI=1S/C13H12Br2ClN3/c1-7(2)13-18-11(15)6-12(19-13)17-8-3-4-10(16)9(14)5-8/h3-7H,1-2H3,(H,17,18,19). The summed E-state index contributed by atoms with van der Waals surface area (Å²) in [5, 5.41) is 3.92. The van der Waals surface area contributed by atoms with Gasteiger partial charge in [0.15, 0.2) is 0 Å². The molecule has 0 amide bonds. The molecule has 3 nitrogen and oxygen atoms in total. The van der Waals surface area contributed by atoms with E-state index in [1.807, 2.05) is 24.3 Å². The van der Waals surface area contributed by atoms with Crippen LogP contribution in [-0.2, 0) is 0 Å². The van der Waals surface area contributed by atoms with Crippen molar-refractivity contribution < 1.29 is 0 Å². The van der Waals surface area contributed by atoms with E-state index >= 15 is 0 Å². The molecule has 0 radical (unpaired) electrons. The van der Waals surface area contributed by atoms with Gasteiger partial charge in [0.25, 0.3) is 0 Å². The summed E-state index contributed by atoms with van der Waals surface area (Å²) in [6.45, 7) is 4.12. The Morgan fingerprint density at radius 3 is 2.53 bits per heavy atom. The molecule has 0 unspecified atom stereocenters. The second-order valence-electron chi connectivity index (χ2n) is 4.34. The van der Waals surface area contributed by atoms with Gasteiger partial charge < -0.3 is 5.32 Å². The SMILES string of the molecule is CC(C)c1nc(Br)cc(Nc2ccc(Cl)c(Br)c2)n1. The Balaban J connectivity index is 2.29. The van der Waals surface area contributed by atoms with Crippen LogP contribution < -0.4 is 5.32 Å². The molecule has 0 spiro atoms. The van der Waals surface area contributed by atoms with Crippen molar-refractivity contribution in [2.75, 3.05) is 5.32 Å².